The molecule has 16 heteroatoms. The van der Waals surface area contributed by atoms with Crippen LogP contribution in [0, 0.1) is 40.9 Å². The van der Waals surface area contributed by atoms with E-state index >= 15 is 0 Å². The molecule has 0 radical (unpaired) electrons. The predicted molar refractivity (Wildman–Crippen MR) is 399 cm³/mol. The molecule has 15 aliphatic rings. The van der Waals surface area contributed by atoms with Gasteiger partial charge in [0.15, 0.2) is 0 Å². The van der Waals surface area contributed by atoms with Crippen molar-refractivity contribution >= 4 is 47.1 Å². The number of amides is 4. The molecular weight excluding hydrogens is 1260 g/mol. The van der Waals surface area contributed by atoms with Gasteiger partial charge in [-0.2, -0.15) is 0 Å². The fourth-order valence-electron chi connectivity index (χ4n) is 21.3. The molecule has 8 heterocycles. The largest absolute Gasteiger partial charge is 0.438 e. The minimum Gasteiger partial charge on any atom is -0.438 e. The highest BCUT2D eigenvalue weighted by Crippen LogP contribution is 2.60. The van der Waals surface area contributed by atoms with E-state index in [9.17, 15) is 19.2 Å². The molecule has 8 fully saturated rings. The zero-order valence-electron chi connectivity index (χ0n) is 60.8. The van der Waals surface area contributed by atoms with Gasteiger partial charge in [-0.05, 0) is 136 Å². The van der Waals surface area contributed by atoms with Crippen molar-refractivity contribution in [2.45, 2.75) is 210 Å². The van der Waals surface area contributed by atoms with Gasteiger partial charge in [0.2, 0.25) is 0 Å². The number of carbonyl (C=O) groups excluding carboxylic acids is 4. The number of carbonyl (C=O) groups is 4. The summed E-state index contributed by atoms with van der Waals surface area (Å²) in [5.41, 5.74) is 10.3. The lowest BCUT2D eigenvalue weighted by atomic mass is 9.49. The van der Waals surface area contributed by atoms with Crippen molar-refractivity contribution < 1.29 is 38.1 Å². The minimum absolute atomic E-state index is 0.230. The summed E-state index contributed by atoms with van der Waals surface area (Å²) < 4.78 is 23.6. The summed E-state index contributed by atoms with van der Waals surface area (Å²) in [6, 6.07) is 34.0. The first kappa shape index (κ1) is 69.7. The molecule has 6 unspecified atom stereocenters. The molecule has 4 aromatic rings. The van der Waals surface area contributed by atoms with Crippen LogP contribution in [0.1, 0.15) is 198 Å². The van der Waals surface area contributed by atoms with Gasteiger partial charge in [-0.3, -0.25) is 30.7 Å². The van der Waals surface area contributed by atoms with Crippen LogP contribution in [0.3, 0.4) is 0 Å². The van der Waals surface area contributed by atoms with Crippen molar-refractivity contribution in [3.8, 4) is 0 Å². The molecule has 19 rings (SSSR count). The number of para-hydroxylation sites is 4. The number of anilines is 4. The smallest absolute Gasteiger partial charge is 0.415 e. The van der Waals surface area contributed by atoms with Crippen molar-refractivity contribution in [2.24, 2.45) is 40.9 Å². The van der Waals surface area contributed by atoms with Crippen LogP contribution < -0.4 is 20.9 Å². The SMILES string of the molecule is C=CCN1C(=O)OC2(CCN(C3CCCCCC3)CC2)c2ccccc21.CC1(C)C2CC=C(CN3CCC4(CC3)OC(=O)Nc3ccccc34)[C@@H]1C2.CC1=CC(C)C(CN2CCC3(CC2)OC(=O)Nc2ccccc23)CC1.O=C1Nc2ccccc2C2(CCN(C3CCC4CCC3C4)CC2)O1. The first-order chi connectivity index (χ1) is 49.0. The van der Waals surface area contributed by atoms with Gasteiger partial charge >= 0.3 is 24.4 Å². The van der Waals surface area contributed by atoms with Gasteiger partial charge in [-0.1, -0.05) is 155 Å². The van der Waals surface area contributed by atoms with Gasteiger partial charge in [-0.25, -0.2) is 19.2 Å². The number of rotatable bonds is 8. The van der Waals surface area contributed by atoms with Crippen molar-refractivity contribution in [2.75, 3.05) is 92.8 Å². The van der Waals surface area contributed by atoms with Crippen LogP contribution in [-0.4, -0.2) is 128 Å². The average molecular weight is 1370 g/mol. The highest BCUT2D eigenvalue weighted by Gasteiger charge is 2.54. The summed E-state index contributed by atoms with van der Waals surface area (Å²) in [5.74, 6) is 5.02. The van der Waals surface area contributed by atoms with Crippen LogP contribution >= 0.6 is 0 Å². The van der Waals surface area contributed by atoms with Gasteiger partial charge in [0.1, 0.15) is 22.4 Å². The molecule has 16 nitrogen and oxygen atoms in total. The lowest BCUT2D eigenvalue weighted by Gasteiger charge is -2.57. The maximum atomic E-state index is 12.7. The summed E-state index contributed by atoms with van der Waals surface area (Å²) in [6.45, 7) is 24.1. The molecule has 540 valence electrons. The van der Waals surface area contributed by atoms with Crippen molar-refractivity contribution in [1.29, 1.82) is 0 Å². The predicted octanol–water partition coefficient (Wildman–Crippen LogP) is 18.0. The third kappa shape index (κ3) is 14.2. The van der Waals surface area contributed by atoms with Crippen LogP contribution in [0.25, 0.3) is 0 Å². The third-order valence-corrected chi connectivity index (χ3v) is 27.4. The normalized spacial score (nSPS) is 29.5. The maximum Gasteiger partial charge on any atom is 0.415 e. The van der Waals surface area contributed by atoms with E-state index in [1.165, 1.54) is 102 Å². The molecule has 4 saturated carbocycles. The minimum atomic E-state index is -0.452. The second-order valence-corrected chi connectivity index (χ2v) is 33.3. The molecule has 4 aromatic carbocycles. The highest BCUT2D eigenvalue weighted by atomic mass is 16.6. The van der Waals surface area contributed by atoms with Crippen molar-refractivity contribution in [3.05, 3.63) is 155 Å². The molecule has 8 aliphatic heterocycles. The number of benzene rings is 4. The zero-order chi connectivity index (χ0) is 69.5. The van der Waals surface area contributed by atoms with Gasteiger partial charge < -0.3 is 28.7 Å². The number of nitrogens with zero attached hydrogens (tertiary/aromatic N) is 5. The Hall–Kier alpha value is -6.98. The molecule has 4 amide bonds. The highest BCUT2D eigenvalue weighted by molar-refractivity contribution is 5.92. The Kier molecular flexibility index (Phi) is 20.2. The number of nitrogens with one attached hydrogen (secondary N) is 3. The van der Waals surface area contributed by atoms with E-state index < -0.39 is 22.4 Å². The zero-order valence-corrected chi connectivity index (χ0v) is 60.8. The summed E-state index contributed by atoms with van der Waals surface area (Å²) in [6.07, 6.45) is 33.2. The second-order valence-electron chi connectivity index (χ2n) is 33.3. The van der Waals surface area contributed by atoms with Crippen molar-refractivity contribution in [3.63, 3.8) is 0 Å². The Balaban J connectivity index is 0.000000109. The molecule has 7 atom stereocenters. The average Bonchev–Trinajstić information content (AvgIpc) is 1.18. The number of ether oxygens (including phenoxy) is 4. The number of fused-ring (bicyclic) bond motifs is 11. The summed E-state index contributed by atoms with van der Waals surface area (Å²) >= 11 is 0. The van der Waals surface area contributed by atoms with Gasteiger partial charge in [0.25, 0.3) is 0 Å². The Morgan fingerprint density at radius 1 is 0.545 bits per heavy atom. The molecular formula is C85H112N8O8. The number of allylic oxidation sites excluding steroid dienone is 3. The Morgan fingerprint density at radius 2 is 1.04 bits per heavy atom. The Morgan fingerprint density at radius 3 is 1.57 bits per heavy atom. The van der Waals surface area contributed by atoms with E-state index in [1.54, 1.807) is 22.1 Å². The van der Waals surface area contributed by atoms with E-state index in [0.29, 0.717) is 17.9 Å². The van der Waals surface area contributed by atoms with Crippen LogP contribution in [0.5, 0.6) is 0 Å². The third-order valence-electron chi connectivity index (χ3n) is 27.4. The van der Waals surface area contributed by atoms with Crippen LogP contribution in [0.4, 0.5) is 41.9 Å². The van der Waals surface area contributed by atoms with Crippen molar-refractivity contribution in [1.82, 2.24) is 19.6 Å². The Bertz CT molecular complexity index is 3730. The molecule has 101 heavy (non-hydrogen) atoms. The summed E-state index contributed by atoms with van der Waals surface area (Å²) in [4.78, 5) is 61.0. The second kappa shape index (κ2) is 29.3. The monoisotopic (exact) mass is 1370 g/mol. The quantitative estimate of drug-likeness (QED) is 0.0873. The number of hydrogen-bond acceptors (Lipinski definition) is 12. The lowest BCUT2D eigenvalue weighted by molar-refractivity contribution is -0.0539. The number of hydrogen-bond donors (Lipinski definition) is 3. The molecule has 0 aromatic heterocycles. The van der Waals surface area contributed by atoms with E-state index in [2.05, 4.69) is 112 Å². The summed E-state index contributed by atoms with van der Waals surface area (Å²) in [5, 5.41) is 8.53. The van der Waals surface area contributed by atoms with Gasteiger partial charge in [0, 0.05) is 158 Å². The van der Waals surface area contributed by atoms with Gasteiger partial charge in [0.05, 0.1) is 22.7 Å². The van der Waals surface area contributed by atoms with E-state index in [-0.39, 0.29) is 24.4 Å². The van der Waals surface area contributed by atoms with E-state index in [1.807, 2.05) is 66.7 Å². The molecule has 4 spiro atoms. The van der Waals surface area contributed by atoms with Crippen LogP contribution in [0.2, 0.25) is 0 Å². The number of likely N-dealkylation sites (tertiary alicyclic amines) is 4. The van der Waals surface area contributed by atoms with E-state index in [0.717, 1.165) is 198 Å². The first-order valence-electron chi connectivity index (χ1n) is 39.3. The first-order valence-corrected chi connectivity index (χ1v) is 39.3. The molecule has 7 aliphatic carbocycles. The van der Waals surface area contributed by atoms with Gasteiger partial charge in [-0.15, -0.1) is 6.58 Å². The Labute approximate surface area is 600 Å². The number of piperidine rings is 4. The fourth-order valence-corrected chi connectivity index (χ4v) is 21.3. The summed E-state index contributed by atoms with van der Waals surface area (Å²) in [7, 11) is 0. The lowest BCUT2D eigenvalue weighted by Crippen LogP contribution is -2.53. The van der Waals surface area contributed by atoms with Crippen LogP contribution in [0.15, 0.2) is 133 Å². The van der Waals surface area contributed by atoms with E-state index in [4.69, 9.17) is 18.9 Å². The molecule has 4 saturated heterocycles. The molecule has 4 bridgehead atoms. The standard InChI is InChI=1S/C22H28N2O2.C22H30N2O2.C21H28N2O2.C20H26N2O2/c1-21(2)16-8-7-15(18(21)13-16)14-24-11-9-22(10-12-24)17-5-3-4-6-19(17)23-20(25)26-22;1-2-15-24-20-12-8-7-11-19(20)22(26-21(24)25)13-16-23(17-14-22)18-9-5-3-4-6-10-18;1-15-7-8-17(16(2)13-15)14-23-11-9-21(10-12-23)18-5-3-4-6-19(18)22-20(24)25-21;23-19-21-17-4-2-1-3-16(17)20(24-19)9-11-22(12-10-20)18-8-6-14-5-7-15(18)13-14/h3-7,16,18H,8-14H2,1-2H3,(H,23,25);2,7-8,11-12,18H,1,3-6,9-10,13-17H2;3-6,13,16-17H,7-12,14H2,1-2H3,(H,22,24);1-4,14-15,18H,5-13H2,(H,21,23)/t16?,18-;;;/m0.../s1. The fraction of sp³-hybridized carbons (Fsp3) is 0.600. The van der Waals surface area contributed by atoms with Crippen LogP contribution in [-0.2, 0) is 41.4 Å². The topological polar surface area (TPSA) is 157 Å². The molecule has 3 N–H and O–H groups in total. The maximum absolute atomic E-state index is 12.7.